The molecule has 0 radical (unpaired) electrons. The summed E-state index contributed by atoms with van der Waals surface area (Å²) in [5, 5.41) is 25.7. The highest BCUT2D eigenvalue weighted by Crippen LogP contribution is 2.28. The van der Waals surface area contributed by atoms with Crippen LogP contribution in [0.4, 0.5) is 0 Å². The summed E-state index contributed by atoms with van der Waals surface area (Å²) in [6.45, 7) is 0. The number of fused-ring (bicyclic) bond motifs is 2. The second-order valence-corrected chi connectivity index (χ2v) is 6.82. The van der Waals surface area contributed by atoms with E-state index in [2.05, 4.69) is 24.3 Å². The standard InChI is InChI=1S/C24H22O2/c25-23(21-11-9-17-5-1-3-7-19(17)15-21)13-14-24(26)22-12-10-18-6-2-4-8-20(18)16-22/h1-12,15-16,23-26H,13-14H2/t23-,24-/m1/s1. The lowest BCUT2D eigenvalue weighted by Crippen LogP contribution is -2.03. The van der Waals surface area contributed by atoms with Crippen LogP contribution in [0.5, 0.6) is 0 Å². The molecule has 0 aliphatic carbocycles. The first-order valence-corrected chi connectivity index (χ1v) is 9.04. The third kappa shape index (κ3) is 3.48. The predicted molar refractivity (Wildman–Crippen MR) is 107 cm³/mol. The second kappa shape index (κ2) is 7.28. The molecule has 0 unspecified atom stereocenters. The highest BCUT2D eigenvalue weighted by Gasteiger charge is 2.13. The van der Waals surface area contributed by atoms with E-state index in [0.717, 1.165) is 21.9 Å². The Bertz CT molecular complexity index is 953. The summed E-state index contributed by atoms with van der Waals surface area (Å²) in [7, 11) is 0. The molecule has 2 nitrogen and oxygen atoms in total. The average Bonchev–Trinajstić information content (AvgIpc) is 2.71. The Labute approximate surface area is 153 Å². The van der Waals surface area contributed by atoms with Gasteiger partial charge >= 0.3 is 0 Å². The van der Waals surface area contributed by atoms with Gasteiger partial charge in [0.05, 0.1) is 12.2 Å². The van der Waals surface area contributed by atoms with Crippen molar-refractivity contribution >= 4 is 21.5 Å². The molecule has 2 N–H and O–H groups in total. The van der Waals surface area contributed by atoms with Crippen LogP contribution in [0.2, 0.25) is 0 Å². The first-order chi connectivity index (χ1) is 12.7. The summed E-state index contributed by atoms with van der Waals surface area (Å²) in [4.78, 5) is 0. The fourth-order valence-corrected chi connectivity index (χ4v) is 3.48. The lowest BCUT2D eigenvalue weighted by Gasteiger charge is -2.16. The quantitative estimate of drug-likeness (QED) is 0.500. The van der Waals surface area contributed by atoms with Crippen molar-refractivity contribution in [2.75, 3.05) is 0 Å². The van der Waals surface area contributed by atoms with Crippen LogP contribution in [0.3, 0.4) is 0 Å². The Morgan fingerprint density at radius 3 is 1.31 bits per heavy atom. The molecule has 2 heteroatoms. The fourth-order valence-electron chi connectivity index (χ4n) is 3.48. The third-order valence-electron chi connectivity index (χ3n) is 5.03. The van der Waals surface area contributed by atoms with E-state index >= 15 is 0 Å². The number of aliphatic hydroxyl groups excluding tert-OH is 2. The molecular formula is C24H22O2. The zero-order chi connectivity index (χ0) is 17.9. The molecule has 0 aliphatic heterocycles. The molecule has 4 rings (SSSR count). The van der Waals surface area contributed by atoms with E-state index in [1.807, 2.05) is 60.7 Å². The molecule has 0 spiro atoms. The molecule has 0 aliphatic rings. The van der Waals surface area contributed by atoms with Gasteiger partial charge in [0.25, 0.3) is 0 Å². The molecule has 0 heterocycles. The SMILES string of the molecule is O[C@H](CC[C@@H](O)c1ccc2ccccc2c1)c1ccc2ccccc2c1. The van der Waals surface area contributed by atoms with Crippen LogP contribution < -0.4 is 0 Å². The maximum absolute atomic E-state index is 10.5. The van der Waals surface area contributed by atoms with E-state index in [4.69, 9.17) is 0 Å². The molecule has 0 aromatic heterocycles. The van der Waals surface area contributed by atoms with Crippen LogP contribution in [-0.4, -0.2) is 10.2 Å². The van der Waals surface area contributed by atoms with Gasteiger partial charge in [0, 0.05) is 0 Å². The fraction of sp³-hybridized carbons (Fsp3) is 0.167. The van der Waals surface area contributed by atoms with Crippen LogP contribution in [0, 0.1) is 0 Å². The first kappa shape index (κ1) is 16.8. The van der Waals surface area contributed by atoms with Gasteiger partial charge in [-0.3, -0.25) is 0 Å². The smallest absolute Gasteiger partial charge is 0.0791 e. The molecule has 2 atom stereocenters. The van der Waals surface area contributed by atoms with Gasteiger partial charge in [-0.2, -0.15) is 0 Å². The minimum Gasteiger partial charge on any atom is -0.388 e. The Kier molecular flexibility index (Phi) is 4.70. The normalized spacial score (nSPS) is 13.8. The van der Waals surface area contributed by atoms with E-state index < -0.39 is 12.2 Å². The summed E-state index contributed by atoms with van der Waals surface area (Å²) in [5.41, 5.74) is 1.80. The minimum atomic E-state index is -0.574. The van der Waals surface area contributed by atoms with Gasteiger partial charge in [0.1, 0.15) is 0 Å². The Hall–Kier alpha value is -2.68. The van der Waals surface area contributed by atoms with E-state index in [0.29, 0.717) is 12.8 Å². The van der Waals surface area contributed by atoms with Gasteiger partial charge in [-0.25, -0.2) is 0 Å². The molecule has 0 saturated carbocycles. The molecule has 0 bridgehead atoms. The summed E-state index contributed by atoms with van der Waals surface area (Å²) in [6, 6.07) is 28.3. The van der Waals surface area contributed by atoms with Crippen molar-refractivity contribution in [3.05, 3.63) is 96.1 Å². The van der Waals surface area contributed by atoms with Gasteiger partial charge in [-0.1, -0.05) is 72.8 Å². The van der Waals surface area contributed by atoms with Crippen LogP contribution >= 0.6 is 0 Å². The van der Waals surface area contributed by atoms with E-state index in [1.165, 1.54) is 10.8 Å². The van der Waals surface area contributed by atoms with Crippen LogP contribution in [0.15, 0.2) is 84.9 Å². The lowest BCUT2D eigenvalue weighted by molar-refractivity contribution is 0.115. The van der Waals surface area contributed by atoms with Crippen molar-refractivity contribution in [3.63, 3.8) is 0 Å². The van der Waals surface area contributed by atoms with Crippen LogP contribution in [0.1, 0.15) is 36.2 Å². The Morgan fingerprint density at radius 2 is 0.885 bits per heavy atom. The minimum absolute atomic E-state index is 0.520. The average molecular weight is 342 g/mol. The summed E-state index contributed by atoms with van der Waals surface area (Å²) < 4.78 is 0. The predicted octanol–water partition coefficient (Wildman–Crippen LogP) is 5.54. The zero-order valence-corrected chi connectivity index (χ0v) is 14.5. The molecule has 130 valence electrons. The van der Waals surface area contributed by atoms with E-state index in [-0.39, 0.29) is 0 Å². The maximum Gasteiger partial charge on any atom is 0.0791 e. The number of hydrogen-bond acceptors (Lipinski definition) is 2. The van der Waals surface area contributed by atoms with E-state index in [1.54, 1.807) is 0 Å². The molecule has 0 fully saturated rings. The maximum atomic E-state index is 10.5. The van der Waals surface area contributed by atoms with Crippen molar-refractivity contribution in [3.8, 4) is 0 Å². The highest BCUT2D eigenvalue weighted by atomic mass is 16.3. The molecule has 4 aromatic carbocycles. The molecule has 4 aromatic rings. The van der Waals surface area contributed by atoms with Crippen molar-refractivity contribution in [2.45, 2.75) is 25.0 Å². The largest absolute Gasteiger partial charge is 0.388 e. The van der Waals surface area contributed by atoms with Gasteiger partial charge < -0.3 is 10.2 Å². The number of benzene rings is 4. The van der Waals surface area contributed by atoms with Crippen molar-refractivity contribution < 1.29 is 10.2 Å². The van der Waals surface area contributed by atoms with Crippen molar-refractivity contribution in [1.29, 1.82) is 0 Å². The molecular weight excluding hydrogens is 320 g/mol. The molecule has 0 saturated heterocycles. The molecule has 0 amide bonds. The zero-order valence-electron chi connectivity index (χ0n) is 14.5. The molecule has 26 heavy (non-hydrogen) atoms. The first-order valence-electron chi connectivity index (χ1n) is 9.04. The van der Waals surface area contributed by atoms with Crippen molar-refractivity contribution in [1.82, 2.24) is 0 Å². The van der Waals surface area contributed by atoms with Gasteiger partial charge in [0.15, 0.2) is 0 Å². The monoisotopic (exact) mass is 342 g/mol. The van der Waals surface area contributed by atoms with Gasteiger partial charge in [0.2, 0.25) is 0 Å². The van der Waals surface area contributed by atoms with Crippen molar-refractivity contribution in [2.24, 2.45) is 0 Å². The van der Waals surface area contributed by atoms with E-state index in [9.17, 15) is 10.2 Å². The van der Waals surface area contributed by atoms with Gasteiger partial charge in [-0.05, 0) is 57.6 Å². The Balaban J connectivity index is 1.46. The second-order valence-electron chi connectivity index (χ2n) is 6.82. The number of rotatable bonds is 5. The van der Waals surface area contributed by atoms with Crippen LogP contribution in [0.25, 0.3) is 21.5 Å². The summed E-state index contributed by atoms with van der Waals surface area (Å²) in [5.74, 6) is 0. The van der Waals surface area contributed by atoms with Crippen LogP contribution in [-0.2, 0) is 0 Å². The lowest BCUT2D eigenvalue weighted by atomic mass is 9.96. The third-order valence-corrected chi connectivity index (χ3v) is 5.03. The summed E-state index contributed by atoms with van der Waals surface area (Å²) in [6.07, 6.45) is -0.108. The number of aliphatic hydroxyl groups is 2. The Morgan fingerprint density at radius 1 is 0.500 bits per heavy atom. The number of hydrogen-bond donors (Lipinski definition) is 2. The topological polar surface area (TPSA) is 40.5 Å². The highest BCUT2D eigenvalue weighted by molar-refractivity contribution is 5.83. The van der Waals surface area contributed by atoms with Gasteiger partial charge in [-0.15, -0.1) is 0 Å². The summed E-state index contributed by atoms with van der Waals surface area (Å²) >= 11 is 0.